The number of thioether (sulfide) groups is 1. The fraction of sp³-hybridized carbons (Fsp3) is 0.500. The Bertz CT molecular complexity index is 513. The highest BCUT2D eigenvalue weighted by Gasteiger charge is 2.33. The van der Waals surface area contributed by atoms with Crippen molar-refractivity contribution >= 4 is 29.1 Å². The van der Waals surface area contributed by atoms with E-state index in [-0.39, 0.29) is 24.1 Å². The number of aldehydes is 1. The molecule has 0 aliphatic heterocycles. The number of hydrogen-bond acceptors (Lipinski definition) is 5. The van der Waals surface area contributed by atoms with Crippen molar-refractivity contribution in [1.82, 2.24) is 0 Å². The standard InChI is InChI=1S/C18H24O4S/c1-4-22-18(21)15(16(11-19)13(2)3)10-17(20)23-12-14-8-6-5-7-9-14/h5-9,11,13,15-16H,4,10,12H2,1-3H3/t15-,16+/m1/s1. The van der Waals surface area contributed by atoms with Gasteiger partial charge in [0.25, 0.3) is 0 Å². The van der Waals surface area contributed by atoms with Gasteiger partial charge in [-0.15, -0.1) is 0 Å². The second-order valence-electron chi connectivity index (χ2n) is 5.67. The van der Waals surface area contributed by atoms with Crippen molar-refractivity contribution < 1.29 is 19.1 Å². The number of benzene rings is 1. The van der Waals surface area contributed by atoms with Gasteiger partial charge in [0.15, 0.2) is 5.12 Å². The normalized spacial score (nSPS) is 13.4. The van der Waals surface area contributed by atoms with Gasteiger partial charge in [-0.05, 0) is 18.4 Å². The van der Waals surface area contributed by atoms with Crippen LogP contribution in [0.5, 0.6) is 0 Å². The number of esters is 1. The Morgan fingerprint density at radius 3 is 2.39 bits per heavy atom. The largest absolute Gasteiger partial charge is 0.466 e. The van der Waals surface area contributed by atoms with Crippen LogP contribution < -0.4 is 0 Å². The molecule has 1 rings (SSSR count). The summed E-state index contributed by atoms with van der Waals surface area (Å²) in [6.07, 6.45) is 0.791. The summed E-state index contributed by atoms with van der Waals surface area (Å²) in [5, 5.41) is -0.0978. The number of hydrogen-bond donors (Lipinski definition) is 0. The zero-order valence-corrected chi connectivity index (χ0v) is 14.7. The lowest BCUT2D eigenvalue weighted by Crippen LogP contribution is -2.31. The highest BCUT2D eigenvalue weighted by molar-refractivity contribution is 8.12. The van der Waals surface area contributed by atoms with E-state index in [1.807, 2.05) is 44.2 Å². The smallest absolute Gasteiger partial charge is 0.310 e. The number of rotatable bonds is 9. The van der Waals surface area contributed by atoms with Gasteiger partial charge >= 0.3 is 5.97 Å². The molecule has 0 radical (unpaired) electrons. The minimum Gasteiger partial charge on any atom is -0.466 e. The second kappa shape index (κ2) is 10.2. The van der Waals surface area contributed by atoms with Gasteiger partial charge in [0.2, 0.25) is 0 Å². The molecule has 0 aromatic heterocycles. The van der Waals surface area contributed by atoms with E-state index in [4.69, 9.17) is 4.74 Å². The van der Waals surface area contributed by atoms with Crippen LogP contribution in [-0.2, 0) is 24.9 Å². The second-order valence-corrected chi connectivity index (χ2v) is 6.70. The molecule has 0 bridgehead atoms. The molecule has 0 fully saturated rings. The topological polar surface area (TPSA) is 60.4 Å². The summed E-state index contributed by atoms with van der Waals surface area (Å²) in [5.41, 5.74) is 1.05. The van der Waals surface area contributed by atoms with E-state index in [2.05, 4.69) is 0 Å². The Kier molecular flexibility index (Phi) is 8.62. The summed E-state index contributed by atoms with van der Waals surface area (Å²) >= 11 is 1.17. The number of carbonyl (C=O) groups is 3. The summed E-state index contributed by atoms with van der Waals surface area (Å²) in [6.45, 7) is 5.69. The summed E-state index contributed by atoms with van der Waals surface area (Å²) in [7, 11) is 0. The quantitative estimate of drug-likeness (QED) is 0.510. The minimum atomic E-state index is -0.705. The fourth-order valence-corrected chi connectivity index (χ4v) is 3.14. The third-order valence-electron chi connectivity index (χ3n) is 3.61. The summed E-state index contributed by atoms with van der Waals surface area (Å²) < 4.78 is 5.04. The SMILES string of the molecule is CCOC(=O)[C@H](CC(=O)SCc1ccccc1)[C@@H](C=O)C(C)C. The molecule has 0 aliphatic rings. The van der Waals surface area contributed by atoms with Crippen LogP contribution in [0, 0.1) is 17.8 Å². The summed E-state index contributed by atoms with van der Waals surface area (Å²) in [6, 6.07) is 9.66. The van der Waals surface area contributed by atoms with Crippen molar-refractivity contribution in [3.8, 4) is 0 Å². The van der Waals surface area contributed by atoms with Crippen molar-refractivity contribution in [2.45, 2.75) is 32.9 Å². The number of ether oxygens (including phenoxy) is 1. The van der Waals surface area contributed by atoms with Gasteiger partial charge in [-0.3, -0.25) is 9.59 Å². The van der Waals surface area contributed by atoms with Crippen LogP contribution in [0.25, 0.3) is 0 Å². The Balaban J connectivity index is 2.69. The predicted molar refractivity (Wildman–Crippen MR) is 91.9 cm³/mol. The molecule has 126 valence electrons. The highest BCUT2D eigenvalue weighted by Crippen LogP contribution is 2.27. The average Bonchev–Trinajstić information content (AvgIpc) is 2.53. The van der Waals surface area contributed by atoms with Crippen LogP contribution >= 0.6 is 11.8 Å². The monoisotopic (exact) mass is 336 g/mol. The lowest BCUT2D eigenvalue weighted by molar-refractivity contribution is -0.153. The van der Waals surface area contributed by atoms with E-state index in [1.54, 1.807) is 6.92 Å². The Morgan fingerprint density at radius 2 is 1.87 bits per heavy atom. The lowest BCUT2D eigenvalue weighted by Gasteiger charge is -2.23. The molecule has 0 spiro atoms. The molecule has 5 heteroatoms. The van der Waals surface area contributed by atoms with Gasteiger partial charge < -0.3 is 9.53 Å². The first kappa shape index (κ1) is 19.4. The van der Waals surface area contributed by atoms with Crippen molar-refractivity contribution in [2.75, 3.05) is 6.61 Å². The Morgan fingerprint density at radius 1 is 1.22 bits per heavy atom. The van der Waals surface area contributed by atoms with E-state index in [0.29, 0.717) is 5.75 Å². The molecule has 1 aromatic carbocycles. The zero-order chi connectivity index (χ0) is 17.2. The van der Waals surface area contributed by atoms with Crippen molar-refractivity contribution in [1.29, 1.82) is 0 Å². The van der Waals surface area contributed by atoms with Crippen LogP contribution in [0.15, 0.2) is 30.3 Å². The van der Waals surface area contributed by atoms with Crippen molar-refractivity contribution in [3.63, 3.8) is 0 Å². The maximum atomic E-state index is 12.2. The number of carbonyl (C=O) groups excluding carboxylic acids is 3. The first-order chi connectivity index (χ1) is 11.0. The van der Waals surface area contributed by atoms with Gasteiger partial charge in [-0.1, -0.05) is 55.9 Å². The highest BCUT2D eigenvalue weighted by atomic mass is 32.2. The molecule has 0 amide bonds. The van der Waals surface area contributed by atoms with E-state index in [9.17, 15) is 14.4 Å². The van der Waals surface area contributed by atoms with Gasteiger partial charge in [-0.25, -0.2) is 0 Å². The average molecular weight is 336 g/mol. The molecule has 4 nitrogen and oxygen atoms in total. The minimum absolute atomic E-state index is 0.0196. The van der Waals surface area contributed by atoms with Crippen LogP contribution in [0.1, 0.15) is 32.8 Å². The van der Waals surface area contributed by atoms with E-state index >= 15 is 0 Å². The molecular weight excluding hydrogens is 312 g/mol. The maximum absolute atomic E-state index is 12.2. The molecular formula is C18H24O4S. The zero-order valence-electron chi connectivity index (χ0n) is 13.9. The maximum Gasteiger partial charge on any atom is 0.310 e. The summed E-state index contributed by atoms with van der Waals surface area (Å²) in [4.78, 5) is 35.7. The molecule has 2 atom stereocenters. The van der Waals surface area contributed by atoms with Crippen LogP contribution in [0.2, 0.25) is 0 Å². The third-order valence-corrected chi connectivity index (χ3v) is 4.58. The molecule has 23 heavy (non-hydrogen) atoms. The van der Waals surface area contributed by atoms with Crippen molar-refractivity contribution in [3.05, 3.63) is 35.9 Å². The van der Waals surface area contributed by atoms with E-state index in [0.717, 1.165) is 11.8 Å². The Labute approximate surface area is 142 Å². The molecule has 1 aromatic rings. The molecule has 0 saturated carbocycles. The first-order valence-electron chi connectivity index (χ1n) is 7.81. The molecule has 0 unspecified atom stereocenters. The first-order valence-corrected chi connectivity index (χ1v) is 8.79. The summed E-state index contributed by atoms with van der Waals surface area (Å²) in [5.74, 6) is -1.14. The molecule has 0 saturated heterocycles. The fourth-order valence-electron chi connectivity index (χ4n) is 2.32. The van der Waals surface area contributed by atoms with Gasteiger partial charge in [0.1, 0.15) is 6.29 Å². The van der Waals surface area contributed by atoms with Gasteiger partial charge in [0.05, 0.1) is 12.5 Å². The lowest BCUT2D eigenvalue weighted by atomic mass is 9.83. The van der Waals surface area contributed by atoms with Crippen LogP contribution in [-0.4, -0.2) is 24.0 Å². The van der Waals surface area contributed by atoms with Gasteiger partial charge in [-0.2, -0.15) is 0 Å². The predicted octanol–water partition coefficient (Wildman–Crippen LogP) is 3.49. The van der Waals surface area contributed by atoms with Crippen LogP contribution in [0.3, 0.4) is 0 Å². The van der Waals surface area contributed by atoms with E-state index in [1.165, 1.54) is 11.8 Å². The van der Waals surface area contributed by atoms with Gasteiger partial charge in [0, 0.05) is 18.1 Å². The Hall–Kier alpha value is -1.62. The van der Waals surface area contributed by atoms with Crippen LogP contribution in [0.4, 0.5) is 0 Å². The molecule has 0 aliphatic carbocycles. The molecule has 0 heterocycles. The molecule has 0 N–H and O–H groups in total. The van der Waals surface area contributed by atoms with Crippen molar-refractivity contribution in [2.24, 2.45) is 17.8 Å². The van der Waals surface area contributed by atoms with E-state index < -0.39 is 17.8 Å². The third kappa shape index (κ3) is 6.57.